The van der Waals surface area contributed by atoms with E-state index < -0.39 is 0 Å². The lowest BCUT2D eigenvalue weighted by Gasteiger charge is -2.34. The zero-order valence-corrected chi connectivity index (χ0v) is 11.0. The molecule has 3 unspecified atom stereocenters. The van der Waals surface area contributed by atoms with Gasteiger partial charge in [0, 0.05) is 12.1 Å². The standard InChI is InChI=1S/C16H23N/c1-11-5-3-7-14(12(11)2)16-10-9-13-6-4-8-15(13)17-16/h3,5,7,13,15-17H,4,6,8-10H2,1-2H3. The third-order valence-corrected chi connectivity index (χ3v) is 4.92. The zero-order valence-electron chi connectivity index (χ0n) is 11.0. The van der Waals surface area contributed by atoms with Crippen molar-refractivity contribution in [3.63, 3.8) is 0 Å². The summed E-state index contributed by atoms with van der Waals surface area (Å²) in [4.78, 5) is 0. The Kier molecular flexibility index (Phi) is 2.96. The Balaban J connectivity index is 1.82. The van der Waals surface area contributed by atoms with Crippen LogP contribution in [0.2, 0.25) is 0 Å². The molecule has 0 amide bonds. The molecule has 1 aliphatic heterocycles. The summed E-state index contributed by atoms with van der Waals surface area (Å²) >= 11 is 0. The van der Waals surface area contributed by atoms with Crippen molar-refractivity contribution >= 4 is 0 Å². The molecule has 92 valence electrons. The average Bonchev–Trinajstić information content (AvgIpc) is 2.79. The molecule has 0 bridgehead atoms. The third kappa shape index (κ3) is 2.01. The Morgan fingerprint density at radius 3 is 2.82 bits per heavy atom. The van der Waals surface area contributed by atoms with E-state index in [4.69, 9.17) is 0 Å². The lowest BCUT2D eigenvalue weighted by atomic mass is 9.85. The van der Waals surface area contributed by atoms with Crippen molar-refractivity contribution in [2.75, 3.05) is 0 Å². The first-order valence-corrected chi connectivity index (χ1v) is 7.08. The molecule has 2 aliphatic rings. The second-order valence-electron chi connectivity index (χ2n) is 5.88. The molecule has 0 radical (unpaired) electrons. The molecule has 1 N–H and O–H groups in total. The molecule has 1 aromatic carbocycles. The van der Waals surface area contributed by atoms with Crippen molar-refractivity contribution in [1.82, 2.24) is 5.32 Å². The summed E-state index contributed by atoms with van der Waals surface area (Å²) in [5.41, 5.74) is 4.45. The molecule has 1 saturated heterocycles. The van der Waals surface area contributed by atoms with E-state index in [0.29, 0.717) is 6.04 Å². The summed E-state index contributed by atoms with van der Waals surface area (Å²) < 4.78 is 0. The fourth-order valence-corrected chi connectivity index (χ4v) is 3.72. The molecule has 1 heteroatoms. The van der Waals surface area contributed by atoms with Gasteiger partial charge in [0.2, 0.25) is 0 Å². The summed E-state index contributed by atoms with van der Waals surface area (Å²) in [6.45, 7) is 4.49. The number of fused-ring (bicyclic) bond motifs is 1. The lowest BCUT2D eigenvalue weighted by molar-refractivity contribution is 0.260. The molecule has 1 nitrogen and oxygen atoms in total. The van der Waals surface area contributed by atoms with Crippen molar-refractivity contribution in [1.29, 1.82) is 0 Å². The maximum Gasteiger partial charge on any atom is 0.0325 e. The van der Waals surface area contributed by atoms with Crippen molar-refractivity contribution in [2.45, 2.75) is 58.0 Å². The van der Waals surface area contributed by atoms with Crippen LogP contribution in [0.4, 0.5) is 0 Å². The molecule has 3 rings (SSSR count). The van der Waals surface area contributed by atoms with Gasteiger partial charge in [-0.25, -0.2) is 0 Å². The van der Waals surface area contributed by atoms with Gasteiger partial charge in [-0.2, -0.15) is 0 Å². The first-order valence-electron chi connectivity index (χ1n) is 7.08. The van der Waals surface area contributed by atoms with Crippen molar-refractivity contribution in [3.05, 3.63) is 34.9 Å². The molecule has 0 aromatic heterocycles. The van der Waals surface area contributed by atoms with Gasteiger partial charge in [-0.1, -0.05) is 24.6 Å². The number of benzene rings is 1. The van der Waals surface area contributed by atoms with Crippen molar-refractivity contribution in [2.24, 2.45) is 5.92 Å². The van der Waals surface area contributed by atoms with E-state index in [0.717, 1.165) is 12.0 Å². The van der Waals surface area contributed by atoms with E-state index in [1.54, 1.807) is 0 Å². The minimum Gasteiger partial charge on any atom is -0.307 e. The Hall–Kier alpha value is -0.820. The highest BCUT2D eigenvalue weighted by molar-refractivity contribution is 5.35. The minimum atomic E-state index is 0.606. The van der Waals surface area contributed by atoms with E-state index >= 15 is 0 Å². The van der Waals surface area contributed by atoms with Gasteiger partial charge in [-0.05, 0) is 62.1 Å². The van der Waals surface area contributed by atoms with E-state index in [1.807, 2.05) is 0 Å². The predicted molar refractivity (Wildman–Crippen MR) is 72.2 cm³/mol. The van der Waals surface area contributed by atoms with Crippen LogP contribution < -0.4 is 5.32 Å². The number of aryl methyl sites for hydroxylation is 1. The molecule has 2 fully saturated rings. The summed E-state index contributed by atoms with van der Waals surface area (Å²) in [5.74, 6) is 0.969. The quantitative estimate of drug-likeness (QED) is 0.770. The predicted octanol–water partition coefficient (Wildman–Crippen LogP) is 3.90. The average molecular weight is 229 g/mol. The maximum atomic E-state index is 3.90. The van der Waals surface area contributed by atoms with Crippen LogP contribution in [0.25, 0.3) is 0 Å². The van der Waals surface area contributed by atoms with Crippen LogP contribution in [0.1, 0.15) is 54.8 Å². The van der Waals surface area contributed by atoms with Crippen LogP contribution >= 0.6 is 0 Å². The highest BCUT2D eigenvalue weighted by Gasteiger charge is 2.34. The Labute approximate surface area is 105 Å². The fraction of sp³-hybridized carbons (Fsp3) is 0.625. The van der Waals surface area contributed by atoms with Gasteiger partial charge >= 0.3 is 0 Å². The van der Waals surface area contributed by atoms with Crippen molar-refractivity contribution in [3.8, 4) is 0 Å². The normalized spacial score (nSPS) is 32.5. The fourth-order valence-electron chi connectivity index (χ4n) is 3.72. The summed E-state index contributed by atoms with van der Waals surface area (Å²) in [5, 5.41) is 3.90. The van der Waals surface area contributed by atoms with Gasteiger partial charge in [0.1, 0.15) is 0 Å². The lowest BCUT2D eigenvalue weighted by Crippen LogP contribution is -2.40. The first-order chi connectivity index (χ1) is 8.25. The molecule has 1 aliphatic carbocycles. The molecular weight excluding hydrogens is 206 g/mol. The van der Waals surface area contributed by atoms with Crippen LogP contribution in [0, 0.1) is 19.8 Å². The molecule has 1 saturated carbocycles. The highest BCUT2D eigenvalue weighted by atomic mass is 15.0. The number of hydrogen-bond acceptors (Lipinski definition) is 1. The second kappa shape index (κ2) is 4.45. The van der Waals surface area contributed by atoms with Gasteiger partial charge in [-0.15, -0.1) is 0 Å². The van der Waals surface area contributed by atoms with Gasteiger partial charge in [-0.3, -0.25) is 0 Å². The SMILES string of the molecule is Cc1cccc(C2CCC3CCCC3N2)c1C. The molecule has 1 heterocycles. The highest BCUT2D eigenvalue weighted by Crippen LogP contribution is 2.38. The van der Waals surface area contributed by atoms with E-state index in [9.17, 15) is 0 Å². The maximum absolute atomic E-state index is 3.90. The Morgan fingerprint density at radius 2 is 1.94 bits per heavy atom. The zero-order chi connectivity index (χ0) is 11.8. The van der Waals surface area contributed by atoms with Gasteiger partial charge in [0.05, 0.1) is 0 Å². The smallest absolute Gasteiger partial charge is 0.0325 e. The first kappa shape index (κ1) is 11.3. The van der Waals surface area contributed by atoms with Crippen LogP contribution in [0.5, 0.6) is 0 Å². The van der Waals surface area contributed by atoms with E-state index in [1.165, 1.54) is 48.8 Å². The van der Waals surface area contributed by atoms with Crippen LogP contribution in [0.15, 0.2) is 18.2 Å². The monoisotopic (exact) mass is 229 g/mol. The molecule has 17 heavy (non-hydrogen) atoms. The Bertz CT molecular complexity index is 410. The van der Waals surface area contributed by atoms with Gasteiger partial charge < -0.3 is 5.32 Å². The summed E-state index contributed by atoms with van der Waals surface area (Å²) in [7, 11) is 0. The van der Waals surface area contributed by atoms with E-state index in [-0.39, 0.29) is 0 Å². The number of piperidine rings is 1. The van der Waals surface area contributed by atoms with Crippen LogP contribution in [-0.2, 0) is 0 Å². The summed E-state index contributed by atoms with van der Waals surface area (Å²) in [6.07, 6.45) is 7.03. The van der Waals surface area contributed by atoms with Crippen LogP contribution in [-0.4, -0.2) is 6.04 Å². The van der Waals surface area contributed by atoms with E-state index in [2.05, 4.69) is 37.4 Å². The van der Waals surface area contributed by atoms with Gasteiger partial charge in [0.25, 0.3) is 0 Å². The van der Waals surface area contributed by atoms with Crippen molar-refractivity contribution < 1.29 is 0 Å². The van der Waals surface area contributed by atoms with Gasteiger partial charge in [0.15, 0.2) is 0 Å². The number of nitrogens with one attached hydrogen (secondary N) is 1. The molecule has 3 atom stereocenters. The number of hydrogen-bond donors (Lipinski definition) is 1. The molecular formula is C16H23N. The third-order valence-electron chi connectivity index (χ3n) is 4.92. The molecule has 0 spiro atoms. The second-order valence-corrected chi connectivity index (χ2v) is 5.88. The number of rotatable bonds is 1. The topological polar surface area (TPSA) is 12.0 Å². The van der Waals surface area contributed by atoms with Crippen LogP contribution in [0.3, 0.4) is 0 Å². The Morgan fingerprint density at radius 1 is 1.06 bits per heavy atom. The largest absolute Gasteiger partial charge is 0.307 e. The molecule has 1 aromatic rings. The minimum absolute atomic E-state index is 0.606. The summed E-state index contributed by atoms with van der Waals surface area (Å²) in [6, 6.07) is 8.15.